The van der Waals surface area contributed by atoms with Gasteiger partial charge in [0.25, 0.3) is 0 Å². The zero-order valence-corrected chi connectivity index (χ0v) is 11.7. The molecule has 0 amide bonds. The molecule has 2 N–H and O–H groups in total. The van der Waals surface area contributed by atoms with E-state index in [0.29, 0.717) is 5.92 Å². The van der Waals surface area contributed by atoms with Crippen LogP contribution in [0, 0.1) is 5.92 Å². The van der Waals surface area contributed by atoms with E-state index in [9.17, 15) is 13.2 Å². The van der Waals surface area contributed by atoms with Crippen LogP contribution in [0.25, 0.3) is 0 Å². The summed E-state index contributed by atoms with van der Waals surface area (Å²) in [7, 11) is -3.23. The first-order valence-electron chi connectivity index (χ1n) is 6.70. The lowest BCUT2D eigenvalue weighted by atomic mass is 9.91. The Balaban J connectivity index is 1.86. The Hall–Kier alpha value is -1.14. The van der Waals surface area contributed by atoms with Crippen molar-refractivity contribution in [2.45, 2.75) is 38.6 Å². The van der Waals surface area contributed by atoms with Crippen molar-refractivity contribution in [3.8, 4) is 0 Å². The van der Waals surface area contributed by atoms with E-state index in [1.807, 2.05) is 0 Å². The van der Waals surface area contributed by atoms with Crippen LogP contribution in [0.15, 0.2) is 23.1 Å². The molecule has 6 heteroatoms. The summed E-state index contributed by atoms with van der Waals surface area (Å²) >= 11 is 0. The van der Waals surface area contributed by atoms with Gasteiger partial charge in [0.05, 0.1) is 5.75 Å². The topological polar surface area (TPSA) is 79.0 Å². The van der Waals surface area contributed by atoms with Crippen molar-refractivity contribution in [1.82, 2.24) is 9.71 Å². The molecule has 0 atom stereocenters. The lowest BCUT2D eigenvalue weighted by Crippen LogP contribution is -2.30. The van der Waals surface area contributed by atoms with Crippen molar-refractivity contribution in [1.29, 1.82) is 0 Å². The molecule has 0 bridgehead atoms. The molecule has 0 aliphatic heterocycles. The highest BCUT2D eigenvalue weighted by molar-refractivity contribution is 7.89. The maximum atomic E-state index is 12.0. The molecule has 2 rings (SSSR count). The highest BCUT2D eigenvalue weighted by Gasteiger charge is 2.20. The monoisotopic (exact) mass is 284 g/mol. The Labute approximate surface area is 113 Å². The molecular formula is C13H20N2O3S. The first kappa shape index (κ1) is 14.3. The SMILES string of the molecule is O=c1ccc(CNS(=O)(=O)CC2CCCCC2)c[nH]1. The smallest absolute Gasteiger partial charge is 0.247 e. The second-order valence-electron chi connectivity index (χ2n) is 5.17. The Bertz CT molecular complexity index is 539. The zero-order chi connectivity index (χ0) is 13.7. The van der Waals surface area contributed by atoms with Gasteiger partial charge in [-0.15, -0.1) is 0 Å². The maximum absolute atomic E-state index is 12.0. The third-order valence-electron chi connectivity index (χ3n) is 3.52. The molecule has 0 aromatic carbocycles. The van der Waals surface area contributed by atoms with Crippen LogP contribution in [0.1, 0.15) is 37.7 Å². The average Bonchev–Trinajstić information content (AvgIpc) is 2.39. The lowest BCUT2D eigenvalue weighted by molar-refractivity contribution is 0.384. The van der Waals surface area contributed by atoms with Gasteiger partial charge in [-0.3, -0.25) is 4.79 Å². The molecule has 1 heterocycles. The summed E-state index contributed by atoms with van der Waals surface area (Å²) in [5.41, 5.74) is 0.570. The number of hydrogen-bond donors (Lipinski definition) is 2. The maximum Gasteiger partial charge on any atom is 0.247 e. The predicted molar refractivity (Wildman–Crippen MR) is 74.3 cm³/mol. The number of sulfonamides is 1. The van der Waals surface area contributed by atoms with Crippen LogP contribution in [-0.2, 0) is 16.6 Å². The molecule has 1 aliphatic rings. The molecule has 1 aromatic heterocycles. The van der Waals surface area contributed by atoms with E-state index in [4.69, 9.17) is 0 Å². The third-order valence-corrected chi connectivity index (χ3v) is 5.02. The summed E-state index contributed by atoms with van der Waals surface area (Å²) in [5.74, 6) is 0.512. The van der Waals surface area contributed by atoms with Crippen molar-refractivity contribution >= 4 is 10.0 Å². The standard InChI is InChI=1S/C13H20N2O3S/c16-13-7-6-12(8-14-13)9-15-19(17,18)10-11-4-2-1-3-5-11/h6-8,11,15H,1-5,9-10H2,(H,14,16). The average molecular weight is 284 g/mol. The number of rotatable bonds is 5. The molecule has 106 valence electrons. The molecule has 0 saturated heterocycles. The van der Waals surface area contributed by atoms with Crippen LogP contribution in [0.2, 0.25) is 0 Å². The quantitative estimate of drug-likeness (QED) is 0.857. The second kappa shape index (κ2) is 6.34. The van der Waals surface area contributed by atoms with Gasteiger partial charge < -0.3 is 4.98 Å². The summed E-state index contributed by atoms with van der Waals surface area (Å²) in [6.45, 7) is 0.228. The first-order chi connectivity index (χ1) is 9.05. The van der Waals surface area contributed by atoms with E-state index in [1.54, 1.807) is 6.07 Å². The highest BCUT2D eigenvalue weighted by Crippen LogP contribution is 2.24. The minimum absolute atomic E-state index is 0.186. The fourth-order valence-corrected chi connectivity index (χ4v) is 3.93. The van der Waals surface area contributed by atoms with Crippen molar-refractivity contribution in [3.63, 3.8) is 0 Å². The summed E-state index contributed by atoms with van der Waals surface area (Å²) in [4.78, 5) is 13.4. The fraction of sp³-hybridized carbons (Fsp3) is 0.615. The first-order valence-corrected chi connectivity index (χ1v) is 8.35. The van der Waals surface area contributed by atoms with E-state index < -0.39 is 10.0 Å². The van der Waals surface area contributed by atoms with Crippen LogP contribution < -0.4 is 10.3 Å². The highest BCUT2D eigenvalue weighted by atomic mass is 32.2. The normalized spacial score (nSPS) is 17.5. The number of aromatic nitrogens is 1. The largest absolute Gasteiger partial charge is 0.329 e. The van der Waals surface area contributed by atoms with Gasteiger partial charge in [0.1, 0.15) is 0 Å². The van der Waals surface area contributed by atoms with E-state index in [2.05, 4.69) is 9.71 Å². The Morgan fingerprint density at radius 1 is 1.21 bits per heavy atom. The van der Waals surface area contributed by atoms with Gasteiger partial charge in [-0.25, -0.2) is 13.1 Å². The summed E-state index contributed by atoms with van der Waals surface area (Å²) < 4.78 is 26.5. The molecule has 1 aromatic rings. The van der Waals surface area contributed by atoms with Crippen LogP contribution in [0.4, 0.5) is 0 Å². The molecule has 0 radical (unpaired) electrons. The second-order valence-corrected chi connectivity index (χ2v) is 7.02. The molecule has 5 nitrogen and oxygen atoms in total. The van der Waals surface area contributed by atoms with Gasteiger partial charge in [0.2, 0.25) is 15.6 Å². The molecule has 0 spiro atoms. The van der Waals surface area contributed by atoms with Crippen LogP contribution in [0.5, 0.6) is 0 Å². The molecular weight excluding hydrogens is 264 g/mol. The Morgan fingerprint density at radius 3 is 2.58 bits per heavy atom. The van der Waals surface area contributed by atoms with Crippen LogP contribution in [-0.4, -0.2) is 19.2 Å². The van der Waals surface area contributed by atoms with E-state index >= 15 is 0 Å². The van der Waals surface area contributed by atoms with Crippen molar-refractivity contribution in [3.05, 3.63) is 34.2 Å². The minimum atomic E-state index is -3.23. The molecule has 0 unspecified atom stereocenters. The lowest BCUT2D eigenvalue weighted by Gasteiger charge is -2.21. The number of nitrogens with one attached hydrogen (secondary N) is 2. The zero-order valence-electron chi connectivity index (χ0n) is 10.9. The number of H-pyrrole nitrogens is 1. The fourth-order valence-electron chi connectivity index (χ4n) is 2.47. The minimum Gasteiger partial charge on any atom is -0.329 e. The Kier molecular flexibility index (Phi) is 4.76. The van der Waals surface area contributed by atoms with Crippen molar-refractivity contribution < 1.29 is 8.42 Å². The van der Waals surface area contributed by atoms with Gasteiger partial charge in [0, 0.05) is 18.8 Å². The molecule has 1 saturated carbocycles. The molecule has 1 fully saturated rings. The van der Waals surface area contributed by atoms with E-state index in [1.165, 1.54) is 18.7 Å². The van der Waals surface area contributed by atoms with Crippen molar-refractivity contribution in [2.75, 3.05) is 5.75 Å². The Morgan fingerprint density at radius 2 is 1.95 bits per heavy atom. The summed E-state index contributed by atoms with van der Waals surface area (Å²) in [5, 5.41) is 0. The summed E-state index contributed by atoms with van der Waals surface area (Å²) in [6.07, 6.45) is 7.06. The number of aromatic amines is 1. The van der Waals surface area contributed by atoms with Gasteiger partial charge in [-0.1, -0.05) is 25.3 Å². The van der Waals surface area contributed by atoms with Gasteiger partial charge in [0.15, 0.2) is 0 Å². The van der Waals surface area contributed by atoms with Crippen LogP contribution >= 0.6 is 0 Å². The van der Waals surface area contributed by atoms with Crippen molar-refractivity contribution in [2.24, 2.45) is 5.92 Å². The molecule has 19 heavy (non-hydrogen) atoms. The van der Waals surface area contributed by atoms with E-state index in [0.717, 1.165) is 31.2 Å². The van der Waals surface area contributed by atoms with Crippen LogP contribution in [0.3, 0.4) is 0 Å². The number of hydrogen-bond acceptors (Lipinski definition) is 3. The summed E-state index contributed by atoms with van der Waals surface area (Å²) in [6, 6.07) is 3.02. The van der Waals surface area contributed by atoms with E-state index in [-0.39, 0.29) is 17.9 Å². The predicted octanol–water partition coefficient (Wildman–Crippen LogP) is 1.37. The van der Waals surface area contributed by atoms with Gasteiger partial charge in [-0.05, 0) is 24.3 Å². The van der Waals surface area contributed by atoms with Gasteiger partial charge in [-0.2, -0.15) is 0 Å². The third kappa shape index (κ3) is 4.80. The number of pyridine rings is 1. The molecule has 1 aliphatic carbocycles. The van der Waals surface area contributed by atoms with Gasteiger partial charge >= 0.3 is 0 Å².